The van der Waals surface area contributed by atoms with Crippen molar-refractivity contribution < 1.29 is 28.7 Å². The van der Waals surface area contributed by atoms with Crippen LogP contribution in [-0.2, 0) is 37.1 Å². The van der Waals surface area contributed by atoms with E-state index < -0.39 is 52.8 Å². The molecule has 0 aromatic heterocycles. The number of amides is 4. The summed E-state index contributed by atoms with van der Waals surface area (Å²) in [7, 11) is 0. The molecule has 0 N–H and O–H groups in total. The number of ether oxygens (including phenoxy) is 1. The van der Waals surface area contributed by atoms with Crippen LogP contribution in [0.2, 0.25) is 0 Å². The number of benzene rings is 3. The van der Waals surface area contributed by atoms with E-state index in [9.17, 15) is 24.0 Å². The number of para-hydroxylation sites is 1. The first kappa shape index (κ1) is 27.0. The van der Waals surface area contributed by atoms with Crippen molar-refractivity contribution in [1.82, 2.24) is 9.80 Å². The Labute approximate surface area is 248 Å². The van der Waals surface area contributed by atoms with E-state index in [1.165, 1.54) is 9.80 Å². The molecule has 3 fully saturated rings. The molecule has 5 aliphatic rings. The minimum absolute atomic E-state index is 0.0779. The molecule has 2 unspecified atom stereocenters. The van der Waals surface area contributed by atoms with E-state index >= 15 is 0 Å². The van der Waals surface area contributed by atoms with Gasteiger partial charge < -0.3 is 4.74 Å². The van der Waals surface area contributed by atoms with Gasteiger partial charge in [0.15, 0.2) is 0 Å². The average molecular weight is 575 g/mol. The molecule has 0 spiro atoms. The number of imide groups is 2. The van der Waals surface area contributed by atoms with Gasteiger partial charge in [0.1, 0.15) is 5.75 Å². The lowest BCUT2D eigenvalue weighted by molar-refractivity contribution is -0.152. The molecular formula is C35H30N2O6. The number of hydrogen-bond donors (Lipinski definition) is 0. The molecule has 8 nitrogen and oxygen atoms in total. The summed E-state index contributed by atoms with van der Waals surface area (Å²) < 4.78 is 5.79. The number of nitrogens with zero attached hydrogens (tertiary/aromatic N) is 2. The molecular weight excluding hydrogens is 544 g/mol. The fourth-order valence-corrected chi connectivity index (χ4v) is 8.22. The lowest BCUT2D eigenvalue weighted by atomic mass is 9.43. The van der Waals surface area contributed by atoms with E-state index in [2.05, 4.69) is 0 Å². The standard InChI is InChI=1S/C35H30N2O6/c1-20-24-25-28(32(40)36(30(25)38)18-21-12-6-3-7-13-21)35(2,27(20)34(42)43-23-16-10-5-11-17-23)29-26(24)31(39)37(33(29)41)19-22-14-8-4-9-15-22/h3-17,24-26,28-29H,18-19H2,1-2H3/t24?,25-,26+,28+,29-,35?. The molecule has 2 heterocycles. The van der Waals surface area contributed by atoms with Crippen LogP contribution in [0.25, 0.3) is 0 Å². The lowest BCUT2D eigenvalue weighted by Gasteiger charge is -2.55. The Kier molecular flexibility index (Phi) is 6.20. The highest BCUT2D eigenvalue weighted by Gasteiger charge is 2.76. The summed E-state index contributed by atoms with van der Waals surface area (Å²) in [5, 5.41) is 0. The van der Waals surface area contributed by atoms with Crippen molar-refractivity contribution in [3.63, 3.8) is 0 Å². The molecule has 6 atom stereocenters. The van der Waals surface area contributed by atoms with Gasteiger partial charge in [0.05, 0.1) is 36.8 Å². The predicted molar refractivity (Wildman–Crippen MR) is 154 cm³/mol. The molecule has 3 aliphatic carbocycles. The zero-order valence-electron chi connectivity index (χ0n) is 23.8. The maximum atomic E-state index is 14.3. The van der Waals surface area contributed by atoms with Gasteiger partial charge in [-0.05, 0) is 30.2 Å². The number of esters is 1. The van der Waals surface area contributed by atoms with Crippen LogP contribution in [0.15, 0.2) is 102 Å². The zero-order valence-corrected chi connectivity index (χ0v) is 23.8. The largest absolute Gasteiger partial charge is 0.423 e. The zero-order chi connectivity index (χ0) is 30.0. The van der Waals surface area contributed by atoms with Gasteiger partial charge in [-0.25, -0.2) is 4.79 Å². The van der Waals surface area contributed by atoms with E-state index in [0.29, 0.717) is 11.3 Å². The van der Waals surface area contributed by atoms with E-state index in [1.807, 2.05) is 60.7 Å². The van der Waals surface area contributed by atoms with E-state index in [-0.39, 0.29) is 30.5 Å². The first-order chi connectivity index (χ1) is 20.7. The van der Waals surface area contributed by atoms with Crippen LogP contribution in [-0.4, -0.2) is 39.4 Å². The van der Waals surface area contributed by atoms with Crippen LogP contribution in [0, 0.1) is 35.0 Å². The van der Waals surface area contributed by atoms with Gasteiger partial charge in [-0.2, -0.15) is 0 Å². The van der Waals surface area contributed by atoms with Gasteiger partial charge in [-0.3, -0.25) is 29.0 Å². The van der Waals surface area contributed by atoms with Gasteiger partial charge in [0.25, 0.3) is 0 Å². The third-order valence-electron chi connectivity index (χ3n) is 9.91. The van der Waals surface area contributed by atoms with E-state index in [0.717, 1.165) is 11.1 Å². The van der Waals surface area contributed by atoms with Crippen LogP contribution in [0.5, 0.6) is 5.75 Å². The summed E-state index contributed by atoms with van der Waals surface area (Å²) in [4.78, 5) is 73.2. The molecule has 3 aromatic rings. The molecule has 1 saturated carbocycles. The quantitative estimate of drug-likeness (QED) is 0.249. The van der Waals surface area contributed by atoms with E-state index in [1.54, 1.807) is 44.2 Å². The summed E-state index contributed by atoms with van der Waals surface area (Å²) in [6.07, 6.45) is 0. The molecule has 4 amide bonds. The monoisotopic (exact) mass is 574 g/mol. The van der Waals surface area contributed by atoms with Crippen LogP contribution in [0.4, 0.5) is 0 Å². The average Bonchev–Trinajstić information content (AvgIpc) is 3.41. The molecule has 2 bridgehead atoms. The van der Waals surface area contributed by atoms with Crippen LogP contribution >= 0.6 is 0 Å². The summed E-state index contributed by atoms with van der Waals surface area (Å²) in [5.74, 6) is -6.40. The van der Waals surface area contributed by atoms with Crippen LogP contribution in [0.1, 0.15) is 25.0 Å². The summed E-state index contributed by atoms with van der Waals surface area (Å²) >= 11 is 0. The second-order valence-electron chi connectivity index (χ2n) is 12.1. The third kappa shape index (κ3) is 3.85. The smallest absolute Gasteiger partial charge is 0.339 e. The van der Waals surface area contributed by atoms with E-state index in [4.69, 9.17) is 4.74 Å². The summed E-state index contributed by atoms with van der Waals surface area (Å²) in [6, 6.07) is 27.0. The Bertz CT molecular complexity index is 1610. The fourth-order valence-electron chi connectivity index (χ4n) is 8.22. The molecule has 0 radical (unpaired) electrons. The van der Waals surface area contributed by atoms with Crippen molar-refractivity contribution in [2.24, 2.45) is 35.0 Å². The van der Waals surface area contributed by atoms with Crippen LogP contribution in [0.3, 0.4) is 0 Å². The van der Waals surface area contributed by atoms with Crippen LogP contribution < -0.4 is 4.74 Å². The number of carbonyl (C=O) groups excluding carboxylic acids is 5. The summed E-state index contributed by atoms with van der Waals surface area (Å²) in [6.45, 7) is 3.60. The third-order valence-corrected chi connectivity index (χ3v) is 9.91. The van der Waals surface area contributed by atoms with Gasteiger partial charge in [0.2, 0.25) is 23.6 Å². The second-order valence-corrected chi connectivity index (χ2v) is 12.1. The molecule has 216 valence electrons. The highest BCUT2D eigenvalue weighted by Crippen LogP contribution is 2.68. The first-order valence-electron chi connectivity index (χ1n) is 14.5. The Morgan fingerprint density at radius 1 is 0.651 bits per heavy atom. The highest BCUT2D eigenvalue weighted by atomic mass is 16.5. The van der Waals surface area contributed by atoms with Gasteiger partial charge in [0, 0.05) is 16.9 Å². The Morgan fingerprint density at radius 3 is 1.51 bits per heavy atom. The maximum Gasteiger partial charge on any atom is 0.339 e. The summed E-state index contributed by atoms with van der Waals surface area (Å²) in [5.41, 5.74) is 0.895. The Morgan fingerprint density at radius 2 is 1.07 bits per heavy atom. The Balaban J connectivity index is 1.34. The van der Waals surface area contributed by atoms with Crippen molar-refractivity contribution in [1.29, 1.82) is 0 Å². The first-order valence-corrected chi connectivity index (χ1v) is 14.5. The number of likely N-dealkylation sites (tertiary alicyclic amines) is 2. The molecule has 3 aromatic carbocycles. The maximum absolute atomic E-state index is 14.3. The van der Waals surface area contributed by atoms with Crippen molar-refractivity contribution in [2.75, 3.05) is 0 Å². The Hall–Kier alpha value is -4.85. The minimum atomic E-state index is -1.43. The van der Waals surface area contributed by atoms with Crippen molar-refractivity contribution in [3.8, 4) is 5.75 Å². The number of hydrogen-bond acceptors (Lipinski definition) is 6. The SMILES string of the molecule is CC1=C(C(=O)Oc2ccccc2)C2(C)[C@@H]3C(=O)N(Cc4ccccc4)C(=O)[C@@H]3C1[C@@H]1C(=O)N(Cc3ccccc3)C(=O)[C@@H]12. The van der Waals surface area contributed by atoms with Gasteiger partial charge in [-0.15, -0.1) is 0 Å². The molecule has 43 heavy (non-hydrogen) atoms. The topological polar surface area (TPSA) is 101 Å². The number of carbonyl (C=O) groups is 5. The lowest BCUT2D eigenvalue weighted by Crippen LogP contribution is -2.61. The molecule has 8 rings (SSSR count). The molecule has 8 heteroatoms. The van der Waals surface area contributed by atoms with Crippen molar-refractivity contribution >= 4 is 29.6 Å². The number of allylic oxidation sites excluding steroid dienone is 1. The molecule has 2 saturated heterocycles. The second kappa shape index (κ2) is 9.87. The predicted octanol–water partition coefficient (Wildman–Crippen LogP) is 4.16. The number of rotatable bonds is 6. The highest BCUT2D eigenvalue weighted by molar-refractivity contribution is 6.13. The van der Waals surface area contributed by atoms with Gasteiger partial charge >= 0.3 is 5.97 Å². The van der Waals surface area contributed by atoms with Gasteiger partial charge in [-0.1, -0.05) is 91.4 Å². The van der Waals surface area contributed by atoms with Crippen molar-refractivity contribution in [2.45, 2.75) is 26.9 Å². The van der Waals surface area contributed by atoms with Crippen molar-refractivity contribution in [3.05, 3.63) is 113 Å². The normalized spacial score (nSPS) is 29.3. The minimum Gasteiger partial charge on any atom is -0.423 e. The molecule has 2 aliphatic heterocycles. The fraction of sp³-hybridized carbons (Fsp3) is 0.286.